The minimum atomic E-state index is -0.143. The van der Waals surface area contributed by atoms with Gasteiger partial charge >= 0.3 is 0 Å². The molecule has 21 heavy (non-hydrogen) atoms. The molecule has 3 nitrogen and oxygen atoms in total. The van der Waals surface area contributed by atoms with Gasteiger partial charge in [-0.1, -0.05) is 35.3 Å². The van der Waals surface area contributed by atoms with Gasteiger partial charge in [0.25, 0.3) is 0 Å². The highest BCUT2D eigenvalue weighted by Gasteiger charge is 2.16. The van der Waals surface area contributed by atoms with Crippen LogP contribution in [0.15, 0.2) is 36.5 Å². The van der Waals surface area contributed by atoms with Crippen molar-refractivity contribution in [2.24, 2.45) is 0 Å². The molecule has 0 aliphatic carbocycles. The molecule has 3 N–H and O–H groups in total. The predicted molar refractivity (Wildman–Crippen MR) is 87.3 cm³/mol. The first kappa shape index (κ1) is 14.0. The zero-order chi connectivity index (χ0) is 15.1. The maximum absolute atomic E-state index is 12.6. The number of fused-ring (bicyclic) bond motifs is 1. The second-order valence-corrected chi connectivity index (χ2v) is 5.73. The number of ketones is 1. The summed E-state index contributed by atoms with van der Waals surface area (Å²) in [6.45, 7) is 2.00. The summed E-state index contributed by atoms with van der Waals surface area (Å²) in [6, 6.07) is 8.97. The van der Waals surface area contributed by atoms with E-state index in [4.69, 9.17) is 28.9 Å². The van der Waals surface area contributed by atoms with E-state index in [9.17, 15) is 4.79 Å². The molecule has 3 aromatic rings. The minimum absolute atomic E-state index is 0.143. The number of nitrogens with one attached hydrogen (secondary N) is 1. The number of H-pyrrole nitrogens is 1. The number of anilines is 1. The van der Waals surface area contributed by atoms with Crippen molar-refractivity contribution in [3.63, 3.8) is 0 Å². The van der Waals surface area contributed by atoms with Gasteiger partial charge in [0.1, 0.15) is 0 Å². The summed E-state index contributed by atoms with van der Waals surface area (Å²) in [5.41, 5.74) is 9.12. The van der Waals surface area contributed by atoms with Gasteiger partial charge in [-0.3, -0.25) is 4.79 Å². The third-order valence-electron chi connectivity index (χ3n) is 3.40. The molecular formula is C16H12Cl2N2O. The lowest BCUT2D eigenvalue weighted by molar-refractivity contribution is 0.104. The normalized spacial score (nSPS) is 11.0. The van der Waals surface area contributed by atoms with Crippen LogP contribution in [0.25, 0.3) is 10.9 Å². The predicted octanol–water partition coefficient (Wildman–Crippen LogP) is 4.60. The molecule has 0 bridgehead atoms. The van der Waals surface area contributed by atoms with Gasteiger partial charge in [-0.05, 0) is 30.7 Å². The molecule has 1 heterocycles. The highest BCUT2D eigenvalue weighted by atomic mass is 35.5. The standard InChI is InChI=1S/C16H12Cl2N2O/c1-8-2-3-10-11(7-20-14(10)4-8)16(21)9-5-12(17)15(18)13(19)6-9/h2-7,20H,19H2,1H3. The van der Waals surface area contributed by atoms with Crippen molar-refractivity contribution in [1.29, 1.82) is 0 Å². The Kier molecular flexibility index (Phi) is 3.40. The third-order valence-corrected chi connectivity index (χ3v) is 4.22. The van der Waals surface area contributed by atoms with Crippen molar-refractivity contribution in [2.45, 2.75) is 6.92 Å². The number of carbonyl (C=O) groups excluding carboxylic acids is 1. The second-order valence-electron chi connectivity index (χ2n) is 4.94. The molecule has 0 saturated carbocycles. The van der Waals surface area contributed by atoms with Crippen LogP contribution < -0.4 is 5.73 Å². The van der Waals surface area contributed by atoms with E-state index in [1.165, 1.54) is 6.07 Å². The molecule has 0 atom stereocenters. The molecule has 2 aromatic carbocycles. The van der Waals surface area contributed by atoms with Crippen LogP contribution in [0.5, 0.6) is 0 Å². The number of carbonyl (C=O) groups is 1. The fourth-order valence-corrected chi connectivity index (χ4v) is 2.66. The molecule has 0 spiro atoms. The maximum atomic E-state index is 12.6. The van der Waals surface area contributed by atoms with E-state index in [2.05, 4.69) is 4.98 Å². The van der Waals surface area contributed by atoms with E-state index in [-0.39, 0.29) is 15.8 Å². The van der Waals surface area contributed by atoms with Crippen molar-refractivity contribution in [3.05, 3.63) is 63.3 Å². The van der Waals surface area contributed by atoms with E-state index < -0.39 is 0 Å². The van der Waals surface area contributed by atoms with E-state index in [0.29, 0.717) is 16.8 Å². The van der Waals surface area contributed by atoms with Crippen molar-refractivity contribution in [1.82, 2.24) is 4.98 Å². The third kappa shape index (κ3) is 2.39. The van der Waals surface area contributed by atoms with Crippen molar-refractivity contribution in [3.8, 4) is 0 Å². The van der Waals surface area contributed by atoms with Gasteiger partial charge < -0.3 is 10.7 Å². The average Bonchev–Trinajstić information content (AvgIpc) is 2.86. The minimum Gasteiger partial charge on any atom is -0.397 e. The van der Waals surface area contributed by atoms with Crippen LogP contribution >= 0.6 is 23.2 Å². The van der Waals surface area contributed by atoms with Crippen LogP contribution in [0.3, 0.4) is 0 Å². The van der Waals surface area contributed by atoms with Gasteiger partial charge in [-0.15, -0.1) is 0 Å². The topological polar surface area (TPSA) is 58.9 Å². The Morgan fingerprint density at radius 1 is 1.19 bits per heavy atom. The molecule has 0 radical (unpaired) electrons. The van der Waals surface area contributed by atoms with Crippen LogP contribution in [0.4, 0.5) is 5.69 Å². The molecule has 5 heteroatoms. The number of hydrogen-bond donors (Lipinski definition) is 2. The number of hydrogen-bond acceptors (Lipinski definition) is 2. The quantitative estimate of drug-likeness (QED) is 0.536. The maximum Gasteiger partial charge on any atom is 0.195 e. The first-order valence-electron chi connectivity index (χ1n) is 6.34. The summed E-state index contributed by atoms with van der Waals surface area (Å²) in [6.07, 6.45) is 1.70. The molecule has 1 aromatic heterocycles. The highest BCUT2D eigenvalue weighted by Crippen LogP contribution is 2.31. The number of rotatable bonds is 2. The van der Waals surface area contributed by atoms with Gasteiger partial charge in [0.05, 0.1) is 15.7 Å². The highest BCUT2D eigenvalue weighted by molar-refractivity contribution is 6.44. The van der Waals surface area contributed by atoms with Crippen LogP contribution in [0, 0.1) is 6.92 Å². The summed E-state index contributed by atoms with van der Waals surface area (Å²) in [5.74, 6) is -0.143. The fourth-order valence-electron chi connectivity index (χ4n) is 2.32. The van der Waals surface area contributed by atoms with Crippen molar-refractivity contribution < 1.29 is 4.79 Å². The molecule has 0 unspecified atom stereocenters. The Labute approximate surface area is 131 Å². The smallest absolute Gasteiger partial charge is 0.195 e. The monoisotopic (exact) mass is 318 g/mol. The van der Waals surface area contributed by atoms with Gasteiger partial charge in [0.2, 0.25) is 0 Å². The number of nitrogen functional groups attached to an aromatic ring is 1. The van der Waals surface area contributed by atoms with Gasteiger partial charge in [-0.25, -0.2) is 0 Å². The first-order valence-corrected chi connectivity index (χ1v) is 7.10. The zero-order valence-corrected chi connectivity index (χ0v) is 12.7. The lowest BCUT2D eigenvalue weighted by Gasteiger charge is -2.05. The average molecular weight is 319 g/mol. The Bertz CT molecular complexity index is 845. The fraction of sp³-hybridized carbons (Fsp3) is 0.0625. The number of halogens is 2. The molecule has 106 valence electrons. The lowest BCUT2D eigenvalue weighted by atomic mass is 10.0. The van der Waals surface area contributed by atoms with E-state index in [1.54, 1.807) is 12.3 Å². The number of benzene rings is 2. The van der Waals surface area contributed by atoms with Crippen molar-refractivity contribution >= 4 is 45.6 Å². The Morgan fingerprint density at radius 3 is 2.67 bits per heavy atom. The van der Waals surface area contributed by atoms with E-state index in [1.807, 2.05) is 25.1 Å². The summed E-state index contributed by atoms with van der Waals surface area (Å²) < 4.78 is 0. The van der Waals surface area contributed by atoms with Gasteiger partial charge in [0, 0.05) is 28.2 Å². The molecule has 0 amide bonds. The Hall–Kier alpha value is -1.97. The van der Waals surface area contributed by atoms with Gasteiger partial charge in [0.15, 0.2) is 5.78 Å². The molecule has 0 aliphatic rings. The number of aromatic nitrogens is 1. The molecule has 3 rings (SSSR count). The van der Waals surface area contributed by atoms with E-state index >= 15 is 0 Å². The summed E-state index contributed by atoms with van der Waals surface area (Å²) in [4.78, 5) is 15.8. The van der Waals surface area contributed by atoms with Crippen molar-refractivity contribution in [2.75, 3.05) is 5.73 Å². The van der Waals surface area contributed by atoms with Gasteiger partial charge in [-0.2, -0.15) is 0 Å². The number of nitrogens with two attached hydrogens (primary N) is 1. The molecule has 0 aliphatic heterocycles. The Balaban J connectivity index is 2.13. The summed E-state index contributed by atoms with van der Waals surface area (Å²) in [5, 5.41) is 1.41. The largest absolute Gasteiger partial charge is 0.397 e. The summed E-state index contributed by atoms with van der Waals surface area (Å²) in [7, 11) is 0. The first-order chi connectivity index (χ1) is 9.97. The molecule has 0 saturated heterocycles. The molecular weight excluding hydrogens is 307 g/mol. The summed E-state index contributed by atoms with van der Waals surface area (Å²) >= 11 is 11.9. The van der Waals surface area contributed by atoms with Crippen LogP contribution in [0.1, 0.15) is 21.5 Å². The lowest BCUT2D eigenvalue weighted by Crippen LogP contribution is -2.02. The van der Waals surface area contributed by atoms with Crippen LogP contribution in [0.2, 0.25) is 10.0 Å². The number of aryl methyl sites for hydroxylation is 1. The zero-order valence-electron chi connectivity index (χ0n) is 11.2. The van der Waals surface area contributed by atoms with E-state index in [0.717, 1.165) is 16.5 Å². The Morgan fingerprint density at radius 2 is 1.95 bits per heavy atom. The van der Waals surface area contributed by atoms with Crippen LogP contribution in [-0.4, -0.2) is 10.8 Å². The van der Waals surface area contributed by atoms with Crippen LogP contribution in [-0.2, 0) is 0 Å². The SMILES string of the molecule is Cc1ccc2c(C(=O)c3cc(N)c(Cl)c(Cl)c3)c[nH]c2c1. The molecule has 0 fully saturated rings. The number of aromatic amines is 1. The second kappa shape index (κ2) is 5.10.